The minimum atomic E-state index is -0.532. The number of alkyl carbamates (subject to hydrolysis) is 1. The highest BCUT2D eigenvalue weighted by Gasteiger charge is 2.40. The number of carbonyl (C=O) groups excluding carboxylic acids is 2. The zero-order valence-corrected chi connectivity index (χ0v) is 17.0. The number of rotatable bonds is 7. The van der Waals surface area contributed by atoms with Crippen LogP contribution in [0.5, 0.6) is 0 Å². The normalized spacial score (nSPS) is 25.6. The van der Waals surface area contributed by atoms with E-state index >= 15 is 0 Å². The van der Waals surface area contributed by atoms with Crippen molar-refractivity contribution in [1.82, 2.24) is 5.32 Å². The van der Waals surface area contributed by atoms with Gasteiger partial charge in [0, 0.05) is 0 Å². The van der Waals surface area contributed by atoms with E-state index in [-0.39, 0.29) is 24.0 Å². The highest BCUT2D eigenvalue weighted by Crippen LogP contribution is 2.33. The Kier molecular flexibility index (Phi) is 7.78. The van der Waals surface area contributed by atoms with E-state index in [2.05, 4.69) is 12.2 Å². The third-order valence-electron chi connectivity index (χ3n) is 5.49. The quantitative estimate of drug-likeness (QED) is 0.645. The van der Waals surface area contributed by atoms with Crippen molar-refractivity contribution in [2.75, 3.05) is 0 Å². The van der Waals surface area contributed by atoms with Gasteiger partial charge in [0.25, 0.3) is 0 Å². The lowest BCUT2D eigenvalue weighted by molar-refractivity contribution is -0.145. The highest BCUT2D eigenvalue weighted by atomic mass is 16.6. The van der Waals surface area contributed by atoms with E-state index in [9.17, 15) is 9.59 Å². The van der Waals surface area contributed by atoms with Crippen LogP contribution in [-0.4, -0.2) is 29.8 Å². The fourth-order valence-corrected chi connectivity index (χ4v) is 4.15. The van der Waals surface area contributed by atoms with Crippen LogP contribution in [0.2, 0.25) is 0 Å². The molecule has 5 heteroatoms. The maximum absolute atomic E-state index is 12.3. The molecule has 1 N–H and O–H groups in total. The number of hydrogen-bond acceptors (Lipinski definition) is 4. The first-order valence-electron chi connectivity index (χ1n) is 10.5. The Balaban J connectivity index is 1.99. The summed E-state index contributed by atoms with van der Waals surface area (Å²) in [5, 5.41) is 3.02. The van der Waals surface area contributed by atoms with Crippen LogP contribution in [0.25, 0.3) is 0 Å². The summed E-state index contributed by atoms with van der Waals surface area (Å²) in [7, 11) is 0. The molecule has 1 saturated carbocycles. The predicted octanol–water partition coefficient (Wildman–Crippen LogP) is 4.97. The summed E-state index contributed by atoms with van der Waals surface area (Å²) < 4.78 is 11.1. The Morgan fingerprint density at radius 1 is 1.27 bits per heavy atom. The van der Waals surface area contributed by atoms with Gasteiger partial charge in [0.2, 0.25) is 0 Å². The summed E-state index contributed by atoms with van der Waals surface area (Å²) in [6.07, 6.45) is 10.2. The van der Waals surface area contributed by atoms with Crippen LogP contribution in [-0.2, 0) is 14.3 Å². The van der Waals surface area contributed by atoms with Gasteiger partial charge in [-0.3, -0.25) is 4.79 Å². The molecule has 0 aromatic carbocycles. The molecule has 150 valence electrons. The molecule has 1 aliphatic heterocycles. The molecule has 3 atom stereocenters. The summed E-state index contributed by atoms with van der Waals surface area (Å²) in [6.45, 7) is 7.71. The van der Waals surface area contributed by atoms with Crippen LogP contribution < -0.4 is 5.32 Å². The number of ether oxygens (including phenoxy) is 2. The first-order chi connectivity index (χ1) is 12.3. The molecule has 1 saturated heterocycles. The average Bonchev–Trinajstić information content (AvgIpc) is 2.92. The van der Waals surface area contributed by atoms with Gasteiger partial charge < -0.3 is 14.8 Å². The van der Waals surface area contributed by atoms with Gasteiger partial charge in [0.15, 0.2) is 0 Å². The Hall–Kier alpha value is -1.26. The summed E-state index contributed by atoms with van der Waals surface area (Å²) in [5.41, 5.74) is -0.532. The lowest BCUT2D eigenvalue weighted by Crippen LogP contribution is -2.46. The molecule has 1 heterocycles. The number of unbranched alkanes of at least 4 members (excludes halogenated alkanes) is 1. The van der Waals surface area contributed by atoms with Gasteiger partial charge >= 0.3 is 12.1 Å². The fraction of sp³-hybridized carbons (Fsp3) is 0.905. The number of nitrogens with one attached hydrogen (secondary N) is 1. The van der Waals surface area contributed by atoms with Crippen molar-refractivity contribution in [2.45, 2.75) is 110 Å². The largest absolute Gasteiger partial charge is 0.460 e. The van der Waals surface area contributed by atoms with E-state index in [1.807, 2.05) is 20.8 Å². The summed E-state index contributed by atoms with van der Waals surface area (Å²) in [4.78, 5) is 24.6. The molecule has 0 unspecified atom stereocenters. The molecular formula is C21H37NO4. The predicted molar refractivity (Wildman–Crippen MR) is 102 cm³/mol. The van der Waals surface area contributed by atoms with Crippen molar-refractivity contribution in [3.8, 4) is 0 Å². The van der Waals surface area contributed by atoms with Gasteiger partial charge in [-0.25, -0.2) is 4.79 Å². The van der Waals surface area contributed by atoms with Crippen LogP contribution in [0.4, 0.5) is 4.79 Å². The number of esters is 1. The summed E-state index contributed by atoms with van der Waals surface area (Å²) in [6, 6.07) is -0.150. The van der Waals surface area contributed by atoms with Crippen LogP contribution in [0.15, 0.2) is 0 Å². The molecule has 1 aliphatic carbocycles. The molecule has 0 spiro atoms. The number of hydrogen-bond donors (Lipinski definition) is 1. The molecule has 1 amide bonds. The maximum Gasteiger partial charge on any atom is 0.408 e. The van der Waals surface area contributed by atoms with Crippen molar-refractivity contribution >= 4 is 12.1 Å². The van der Waals surface area contributed by atoms with Crippen LogP contribution in [0.3, 0.4) is 0 Å². The second-order valence-electron chi connectivity index (χ2n) is 9.04. The zero-order valence-electron chi connectivity index (χ0n) is 17.0. The van der Waals surface area contributed by atoms with E-state index in [1.54, 1.807) is 0 Å². The summed E-state index contributed by atoms with van der Waals surface area (Å²) >= 11 is 0. The standard InChI is InChI=1S/C21H37NO4/c1-5-6-12-16-14-18(25-19(16)23)17(13-15-10-8-7-9-11-15)22-20(24)26-21(2,3)4/h15-18H,5-14H2,1-4H3,(H,22,24)/t16-,17+,18+/m1/s1. The van der Waals surface area contributed by atoms with Crippen molar-refractivity contribution < 1.29 is 19.1 Å². The first kappa shape index (κ1) is 21.0. The molecule has 0 aromatic rings. The molecule has 5 nitrogen and oxygen atoms in total. The van der Waals surface area contributed by atoms with Gasteiger partial charge in [-0.2, -0.15) is 0 Å². The SMILES string of the molecule is CCCC[C@@H]1C[C@@H]([C@H](CC2CCCCC2)NC(=O)OC(C)(C)C)OC1=O. The Morgan fingerprint density at radius 3 is 2.58 bits per heavy atom. The highest BCUT2D eigenvalue weighted by molar-refractivity contribution is 5.75. The Labute approximate surface area is 158 Å². The van der Waals surface area contributed by atoms with Gasteiger partial charge in [0.1, 0.15) is 11.7 Å². The minimum Gasteiger partial charge on any atom is -0.460 e. The molecule has 0 radical (unpaired) electrons. The van der Waals surface area contributed by atoms with Crippen molar-refractivity contribution in [3.05, 3.63) is 0 Å². The van der Waals surface area contributed by atoms with Crippen molar-refractivity contribution in [1.29, 1.82) is 0 Å². The second-order valence-corrected chi connectivity index (χ2v) is 9.04. The molecule has 2 fully saturated rings. The van der Waals surface area contributed by atoms with Gasteiger partial charge in [-0.05, 0) is 46.0 Å². The maximum atomic E-state index is 12.3. The van der Waals surface area contributed by atoms with Gasteiger partial charge in [-0.15, -0.1) is 0 Å². The first-order valence-corrected chi connectivity index (χ1v) is 10.5. The molecule has 2 aliphatic rings. The smallest absolute Gasteiger partial charge is 0.408 e. The van der Waals surface area contributed by atoms with Crippen LogP contribution in [0, 0.1) is 11.8 Å². The molecule has 2 rings (SSSR count). The van der Waals surface area contributed by atoms with Crippen molar-refractivity contribution in [3.63, 3.8) is 0 Å². The Bertz CT molecular complexity index is 465. The molecule has 0 bridgehead atoms. The molecule has 0 aromatic heterocycles. The zero-order chi connectivity index (χ0) is 19.2. The third-order valence-corrected chi connectivity index (χ3v) is 5.49. The van der Waals surface area contributed by atoms with Gasteiger partial charge in [0.05, 0.1) is 12.0 Å². The monoisotopic (exact) mass is 367 g/mol. The number of carbonyl (C=O) groups is 2. The van der Waals surface area contributed by atoms with E-state index in [4.69, 9.17) is 9.47 Å². The number of amides is 1. The van der Waals surface area contributed by atoms with Crippen molar-refractivity contribution in [2.24, 2.45) is 11.8 Å². The minimum absolute atomic E-state index is 0.0192. The molecule has 26 heavy (non-hydrogen) atoms. The number of cyclic esters (lactones) is 1. The Morgan fingerprint density at radius 2 is 1.96 bits per heavy atom. The van der Waals surface area contributed by atoms with Crippen LogP contribution >= 0.6 is 0 Å². The second kappa shape index (κ2) is 9.61. The van der Waals surface area contributed by atoms with E-state index in [1.165, 1.54) is 32.1 Å². The average molecular weight is 368 g/mol. The fourth-order valence-electron chi connectivity index (χ4n) is 4.15. The summed E-state index contributed by atoms with van der Waals surface area (Å²) in [5.74, 6) is 0.481. The molecular weight excluding hydrogens is 330 g/mol. The third kappa shape index (κ3) is 6.81. The topological polar surface area (TPSA) is 64.6 Å². The van der Waals surface area contributed by atoms with E-state index in [0.29, 0.717) is 12.3 Å². The van der Waals surface area contributed by atoms with Crippen LogP contribution in [0.1, 0.15) is 91.9 Å². The lowest BCUT2D eigenvalue weighted by Gasteiger charge is -2.30. The van der Waals surface area contributed by atoms with E-state index in [0.717, 1.165) is 25.7 Å². The lowest BCUT2D eigenvalue weighted by atomic mass is 9.83. The van der Waals surface area contributed by atoms with E-state index < -0.39 is 11.7 Å². The van der Waals surface area contributed by atoms with Gasteiger partial charge in [-0.1, -0.05) is 51.9 Å².